The first-order valence-corrected chi connectivity index (χ1v) is 8.70. The van der Waals surface area contributed by atoms with Crippen molar-refractivity contribution in [1.29, 1.82) is 0 Å². The summed E-state index contributed by atoms with van der Waals surface area (Å²) in [5.74, 6) is 0.807. The van der Waals surface area contributed by atoms with Crippen LogP contribution in [0.4, 0.5) is 0 Å². The number of benzene rings is 1. The minimum atomic E-state index is 0.234. The number of nitrogens with zero attached hydrogens (tertiary/aromatic N) is 2. The van der Waals surface area contributed by atoms with Crippen molar-refractivity contribution >= 4 is 5.91 Å². The van der Waals surface area contributed by atoms with Gasteiger partial charge in [0.1, 0.15) is 0 Å². The topological polar surface area (TPSA) is 32.8 Å². The van der Waals surface area contributed by atoms with Gasteiger partial charge in [-0.2, -0.15) is 0 Å². The Kier molecular flexibility index (Phi) is 5.02. The van der Waals surface area contributed by atoms with Crippen LogP contribution < -0.4 is 0 Å². The number of hydrogen-bond donors (Lipinski definition) is 0. The van der Waals surface area contributed by atoms with Crippen molar-refractivity contribution in [1.82, 2.24) is 9.80 Å². The molecule has 4 nitrogen and oxygen atoms in total. The first-order valence-electron chi connectivity index (χ1n) is 8.70. The Labute approximate surface area is 139 Å². The van der Waals surface area contributed by atoms with E-state index in [2.05, 4.69) is 16.7 Å². The Morgan fingerprint density at radius 3 is 2.78 bits per heavy atom. The van der Waals surface area contributed by atoms with Crippen molar-refractivity contribution in [3.63, 3.8) is 0 Å². The van der Waals surface area contributed by atoms with Crippen LogP contribution in [0.5, 0.6) is 0 Å². The standard InChI is InChI=1S/C19H28N2O2/c1-3-20-12-17(13-23-2)19(14-20)9-10-21(15-19)18(22)11-16-7-5-4-6-8-16/h4-8,17H,3,9-15H2,1-2H3/t17-,19-/m0/s1. The number of hydrogen-bond acceptors (Lipinski definition) is 3. The summed E-state index contributed by atoms with van der Waals surface area (Å²) in [6, 6.07) is 10.1. The van der Waals surface area contributed by atoms with Gasteiger partial charge in [0.05, 0.1) is 13.0 Å². The molecule has 23 heavy (non-hydrogen) atoms. The molecule has 2 aliphatic heterocycles. The minimum Gasteiger partial charge on any atom is -0.384 e. The highest BCUT2D eigenvalue weighted by molar-refractivity contribution is 5.79. The lowest BCUT2D eigenvalue weighted by Crippen LogP contribution is -2.38. The zero-order valence-electron chi connectivity index (χ0n) is 14.3. The van der Waals surface area contributed by atoms with Crippen molar-refractivity contribution in [3.05, 3.63) is 35.9 Å². The maximum Gasteiger partial charge on any atom is 0.227 e. The van der Waals surface area contributed by atoms with Gasteiger partial charge in [-0.1, -0.05) is 37.3 Å². The Morgan fingerprint density at radius 1 is 1.30 bits per heavy atom. The second-order valence-electron chi connectivity index (χ2n) is 7.07. The lowest BCUT2D eigenvalue weighted by molar-refractivity contribution is -0.130. The highest BCUT2D eigenvalue weighted by Crippen LogP contribution is 2.44. The van der Waals surface area contributed by atoms with E-state index in [1.54, 1.807) is 7.11 Å². The molecule has 1 aromatic rings. The van der Waals surface area contributed by atoms with Gasteiger partial charge >= 0.3 is 0 Å². The fourth-order valence-corrected chi connectivity index (χ4v) is 4.27. The Morgan fingerprint density at radius 2 is 2.09 bits per heavy atom. The molecule has 2 aliphatic rings. The molecular weight excluding hydrogens is 288 g/mol. The molecule has 2 heterocycles. The van der Waals surface area contributed by atoms with Gasteiger partial charge < -0.3 is 14.5 Å². The molecule has 3 rings (SSSR count). The fourth-order valence-electron chi connectivity index (χ4n) is 4.27. The summed E-state index contributed by atoms with van der Waals surface area (Å²) >= 11 is 0. The average Bonchev–Trinajstić information content (AvgIpc) is 3.14. The molecule has 2 atom stereocenters. The van der Waals surface area contributed by atoms with E-state index in [-0.39, 0.29) is 11.3 Å². The zero-order chi connectivity index (χ0) is 16.3. The molecule has 0 saturated carbocycles. The molecule has 1 aromatic carbocycles. The predicted molar refractivity (Wildman–Crippen MR) is 91.3 cm³/mol. The SMILES string of the molecule is CCN1C[C@@H](COC)[C@@]2(CCN(C(=O)Cc3ccccc3)C2)C1. The summed E-state index contributed by atoms with van der Waals surface area (Å²) in [4.78, 5) is 17.2. The summed E-state index contributed by atoms with van der Waals surface area (Å²) in [6.07, 6.45) is 1.63. The van der Waals surface area contributed by atoms with E-state index in [4.69, 9.17) is 4.74 Å². The van der Waals surface area contributed by atoms with Gasteiger partial charge in [-0.05, 0) is 18.5 Å². The highest BCUT2D eigenvalue weighted by Gasteiger charge is 2.50. The first kappa shape index (κ1) is 16.5. The predicted octanol–water partition coefficient (Wildman–Crippen LogP) is 2.05. The summed E-state index contributed by atoms with van der Waals surface area (Å²) in [6.45, 7) is 8.09. The van der Waals surface area contributed by atoms with Crippen LogP contribution in [0.3, 0.4) is 0 Å². The molecule has 0 aliphatic carbocycles. The van der Waals surface area contributed by atoms with E-state index in [0.717, 1.165) is 51.3 Å². The second-order valence-corrected chi connectivity index (χ2v) is 7.07. The molecule has 1 amide bonds. The van der Waals surface area contributed by atoms with Crippen molar-refractivity contribution < 1.29 is 9.53 Å². The maximum atomic E-state index is 12.7. The van der Waals surface area contributed by atoms with Crippen LogP contribution in [0, 0.1) is 11.3 Å². The van der Waals surface area contributed by atoms with Crippen LogP contribution in [-0.4, -0.2) is 62.1 Å². The van der Waals surface area contributed by atoms with Crippen LogP contribution in [-0.2, 0) is 16.0 Å². The molecule has 0 N–H and O–H groups in total. The van der Waals surface area contributed by atoms with Crippen LogP contribution in [0.2, 0.25) is 0 Å². The smallest absolute Gasteiger partial charge is 0.227 e. The zero-order valence-corrected chi connectivity index (χ0v) is 14.3. The van der Waals surface area contributed by atoms with Crippen molar-refractivity contribution in [3.8, 4) is 0 Å². The van der Waals surface area contributed by atoms with Crippen LogP contribution in [0.1, 0.15) is 18.9 Å². The number of methoxy groups -OCH3 is 1. The number of ether oxygens (including phenoxy) is 1. The minimum absolute atomic E-state index is 0.234. The molecule has 4 heteroatoms. The number of amides is 1. The lowest BCUT2D eigenvalue weighted by Gasteiger charge is -2.30. The van der Waals surface area contributed by atoms with Crippen LogP contribution in [0.25, 0.3) is 0 Å². The lowest BCUT2D eigenvalue weighted by atomic mass is 9.77. The van der Waals surface area contributed by atoms with E-state index >= 15 is 0 Å². The van der Waals surface area contributed by atoms with Crippen LogP contribution in [0.15, 0.2) is 30.3 Å². The maximum absolute atomic E-state index is 12.7. The van der Waals surface area contributed by atoms with Gasteiger partial charge in [0.2, 0.25) is 5.91 Å². The first-order chi connectivity index (χ1) is 11.2. The quantitative estimate of drug-likeness (QED) is 0.833. The summed E-state index contributed by atoms with van der Waals surface area (Å²) in [7, 11) is 1.79. The summed E-state index contributed by atoms with van der Waals surface area (Å²) in [5.41, 5.74) is 1.34. The van der Waals surface area contributed by atoms with Gasteiger partial charge in [0, 0.05) is 44.6 Å². The Bertz CT molecular complexity index is 533. The third-order valence-corrected chi connectivity index (χ3v) is 5.63. The number of carbonyl (C=O) groups is 1. The molecule has 126 valence electrons. The van der Waals surface area contributed by atoms with E-state index in [9.17, 15) is 4.79 Å². The molecule has 2 saturated heterocycles. The number of rotatable bonds is 5. The van der Waals surface area contributed by atoms with E-state index < -0.39 is 0 Å². The van der Waals surface area contributed by atoms with Gasteiger partial charge in [0.25, 0.3) is 0 Å². The normalized spacial score (nSPS) is 27.9. The van der Waals surface area contributed by atoms with E-state index in [1.165, 1.54) is 0 Å². The third-order valence-electron chi connectivity index (χ3n) is 5.63. The van der Waals surface area contributed by atoms with Gasteiger partial charge in [-0.3, -0.25) is 4.79 Å². The third kappa shape index (κ3) is 3.43. The molecule has 2 fully saturated rings. The van der Waals surface area contributed by atoms with E-state index in [0.29, 0.717) is 12.3 Å². The van der Waals surface area contributed by atoms with Crippen molar-refractivity contribution in [2.45, 2.75) is 19.8 Å². The van der Waals surface area contributed by atoms with Gasteiger partial charge in [-0.15, -0.1) is 0 Å². The van der Waals surface area contributed by atoms with E-state index in [1.807, 2.05) is 30.3 Å². The van der Waals surface area contributed by atoms with Crippen LogP contribution >= 0.6 is 0 Å². The largest absolute Gasteiger partial charge is 0.384 e. The molecule has 0 radical (unpaired) electrons. The monoisotopic (exact) mass is 316 g/mol. The van der Waals surface area contributed by atoms with Gasteiger partial charge in [-0.25, -0.2) is 0 Å². The molecule has 0 bridgehead atoms. The molecule has 0 aromatic heterocycles. The Hall–Kier alpha value is -1.39. The average molecular weight is 316 g/mol. The molecular formula is C19H28N2O2. The van der Waals surface area contributed by atoms with Gasteiger partial charge in [0.15, 0.2) is 0 Å². The summed E-state index contributed by atoms with van der Waals surface area (Å²) < 4.78 is 5.47. The number of likely N-dealkylation sites (tertiary alicyclic amines) is 2. The molecule has 0 unspecified atom stereocenters. The Balaban J connectivity index is 1.65. The molecule has 1 spiro atoms. The fraction of sp³-hybridized carbons (Fsp3) is 0.632. The second kappa shape index (κ2) is 7.02. The number of carbonyl (C=O) groups excluding carboxylic acids is 1. The van der Waals surface area contributed by atoms with Crippen molar-refractivity contribution in [2.75, 3.05) is 46.4 Å². The highest BCUT2D eigenvalue weighted by atomic mass is 16.5. The van der Waals surface area contributed by atoms with Crippen molar-refractivity contribution in [2.24, 2.45) is 11.3 Å². The summed E-state index contributed by atoms with van der Waals surface area (Å²) in [5, 5.41) is 0.